The van der Waals surface area contributed by atoms with Crippen molar-refractivity contribution in [1.82, 2.24) is 4.67 Å². The summed E-state index contributed by atoms with van der Waals surface area (Å²) in [5.74, 6) is 0. The lowest BCUT2D eigenvalue weighted by molar-refractivity contribution is 0.0726. The van der Waals surface area contributed by atoms with Crippen molar-refractivity contribution in [3.05, 3.63) is 96.6 Å². The van der Waals surface area contributed by atoms with Gasteiger partial charge in [0.2, 0.25) is 7.29 Å². The van der Waals surface area contributed by atoms with E-state index >= 15 is 0 Å². The minimum absolute atomic E-state index is 0.0909. The first-order chi connectivity index (χ1) is 13.6. The Balaban J connectivity index is 2.18. The van der Waals surface area contributed by atoms with Crippen molar-refractivity contribution in [2.75, 3.05) is 13.2 Å². The summed E-state index contributed by atoms with van der Waals surface area (Å²) in [7, 11) is -3.26. The average molecular weight is 395 g/mol. The van der Waals surface area contributed by atoms with E-state index in [9.17, 15) is 14.8 Å². The molecule has 5 heteroatoms. The van der Waals surface area contributed by atoms with Gasteiger partial charge in [0.1, 0.15) is 0 Å². The summed E-state index contributed by atoms with van der Waals surface area (Å²) < 4.78 is 16.6. The highest BCUT2D eigenvalue weighted by atomic mass is 31.2. The second kappa shape index (κ2) is 9.31. The molecule has 0 fully saturated rings. The molecule has 3 rings (SSSR count). The second-order valence-corrected chi connectivity index (χ2v) is 9.49. The fourth-order valence-corrected chi connectivity index (χ4v) is 6.48. The summed E-state index contributed by atoms with van der Waals surface area (Å²) in [6, 6.07) is 28.3. The predicted molar refractivity (Wildman–Crippen MR) is 114 cm³/mol. The van der Waals surface area contributed by atoms with Gasteiger partial charge < -0.3 is 10.2 Å². The standard InChI is InChI=1S/C23H26NO3P/c1-19(20-11-5-2-6-12-20)24(17-21(26)18-25)28(27,22-13-7-3-8-14-22)23-15-9-4-10-16-23/h2-16,19,21,25-26H,17-18H2,1H3/t19-,21-/m0/s1. The van der Waals surface area contributed by atoms with Gasteiger partial charge in [0.05, 0.1) is 12.7 Å². The normalized spacial score (nSPS) is 14.0. The summed E-state index contributed by atoms with van der Waals surface area (Å²) in [6.07, 6.45) is -0.994. The third kappa shape index (κ3) is 4.26. The van der Waals surface area contributed by atoms with Crippen LogP contribution in [0.25, 0.3) is 0 Å². The lowest BCUT2D eigenvalue weighted by Crippen LogP contribution is -2.40. The number of aliphatic hydroxyl groups is 2. The number of hydrogen-bond donors (Lipinski definition) is 2. The first-order valence-corrected chi connectivity index (χ1v) is 11.1. The highest BCUT2D eigenvalue weighted by molar-refractivity contribution is 7.76. The molecule has 0 bridgehead atoms. The third-order valence-corrected chi connectivity index (χ3v) is 8.14. The van der Waals surface area contributed by atoms with E-state index in [1.165, 1.54) is 0 Å². The summed E-state index contributed by atoms with van der Waals surface area (Å²) in [4.78, 5) is 0. The van der Waals surface area contributed by atoms with E-state index in [1.54, 1.807) is 0 Å². The van der Waals surface area contributed by atoms with Crippen LogP contribution in [0.15, 0.2) is 91.0 Å². The molecular weight excluding hydrogens is 369 g/mol. The smallest absolute Gasteiger partial charge is 0.207 e. The number of hydrogen-bond acceptors (Lipinski definition) is 3. The van der Waals surface area contributed by atoms with E-state index < -0.39 is 13.4 Å². The van der Waals surface area contributed by atoms with Gasteiger partial charge in [-0.1, -0.05) is 66.7 Å². The van der Waals surface area contributed by atoms with Crippen LogP contribution < -0.4 is 10.6 Å². The first-order valence-electron chi connectivity index (χ1n) is 9.39. The van der Waals surface area contributed by atoms with Crippen molar-refractivity contribution in [1.29, 1.82) is 0 Å². The molecule has 2 N–H and O–H groups in total. The first kappa shape index (κ1) is 20.5. The van der Waals surface area contributed by atoms with Crippen molar-refractivity contribution in [3.63, 3.8) is 0 Å². The summed E-state index contributed by atoms with van der Waals surface area (Å²) in [5.41, 5.74) is 1.000. The van der Waals surface area contributed by atoms with E-state index in [0.717, 1.165) is 5.56 Å². The maximum absolute atomic E-state index is 14.7. The molecule has 0 unspecified atom stereocenters. The fraction of sp³-hybridized carbons (Fsp3) is 0.217. The molecule has 0 aliphatic carbocycles. The van der Waals surface area contributed by atoms with Crippen LogP contribution in [0.3, 0.4) is 0 Å². The highest BCUT2D eigenvalue weighted by Gasteiger charge is 2.38. The number of nitrogens with zero attached hydrogens (tertiary/aromatic N) is 1. The van der Waals surface area contributed by atoms with E-state index in [-0.39, 0.29) is 19.2 Å². The minimum Gasteiger partial charge on any atom is -0.394 e. The Labute approximate surface area is 166 Å². The zero-order valence-corrected chi connectivity index (χ0v) is 16.8. The molecule has 3 aromatic carbocycles. The van der Waals surface area contributed by atoms with Crippen LogP contribution in [0.4, 0.5) is 0 Å². The van der Waals surface area contributed by atoms with Crippen LogP contribution in [-0.2, 0) is 4.57 Å². The van der Waals surface area contributed by atoms with E-state index in [0.29, 0.717) is 10.6 Å². The van der Waals surface area contributed by atoms with Gasteiger partial charge in [0.25, 0.3) is 0 Å². The minimum atomic E-state index is -3.26. The molecule has 4 nitrogen and oxygen atoms in total. The Kier molecular flexibility index (Phi) is 6.82. The van der Waals surface area contributed by atoms with Gasteiger partial charge in [-0.05, 0) is 36.8 Å². The molecule has 0 amide bonds. The maximum Gasteiger partial charge on any atom is 0.207 e. The molecule has 0 aliphatic heterocycles. The third-order valence-electron chi connectivity index (χ3n) is 4.91. The monoisotopic (exact) mass is 395 g/mol. The van der Waals surface area contributed by atoms with Crippen LogP contribution in [0.2, 0.25) is 0 Å². The van der Waals surface area contributed by atoms with Gasteiger partial charge >= 0.3 is 0 Å². The van der Waals surface area contributed by atoms with Crippen LogP contribution in [-0.4, -0.2) is 34.1 Å². The molecule has 0 saturated carbocycles. The Bertz CT molecular complexity index is 859. The number of rotatable bonds is 8. The van der Waals surface area contributed by atoms with Crippen LogP contribution in [0.1, 0.15) is 18.5 Å². The lowest BCUT2D eigenvalue weighted by atomic mass is 10.1. The van der Waals surface area contributed by atoms with Gasteiger partial charge in [0, 0.05) is 23.2 Å². The van der Waals surface area contributed by atoms with Gasteiger partial charge in [0.15, 0.2) is 0 Å². The van der Waals surface area contributed by atoms with E-state index in [1.807, 2.05) is 103 Å². The molecular formula is C23H26NO3P. The summed E-state index contributed by atoms with van der Waals surface area (Å²) >= 11 is 0. The Hall–Kier alpha value is -2.23. The quantitative estimate of drug-likeness (QED) is 0.575. The number of benzene rings is 3. The zero-order valence-electron chi connectivity index (χ0n) is 15.9. The molecule has 0 spiro atoms. The Morgan fingerprint density at radius 3 is 1.68 bits per heavy atom. The molecule has 0 radical (unpaired) electrons. The highest BCUT2D eigenvalue weighted by Crippen LogP contribution is 2.52. The van der Waals surface area contributed by atoms with Crippen molar-refractivity contribution in [2.24, 2.45) is 0 Å². The Morgan fingerprint density at radius 2 is 1.25 bits per heavy atom. The van der Waals surface area contributed by atoms with E-state index in [2.05, 4.69) is 0 Å². The van der Waals surface area contributed by atoms with Gasteiger partial charge in [-0.25, -0.2) is 4.67 Å². The van der Waals surface area contributed by atoms with Gasteiger partial charge in [-0.3, -0.25) is 4.57 Å². The molecule has 0 heterocycles. The van der Waals surface area contributed by atoms with Crippen LogP contribution in [0.5, 0.6) is 0 Å². The van der Waals surface area contributed by atoms with E-state index in [4.69, 9.17) is 0 Å². The van der Waals surface area contributed by atoms with Gasteiger partial charge in [-0.2, -0.15) is 0 Å². The molecule has 3 aromatic rings. The van der Waals surface area contributed by atoms with Crippen molar-refractivity contribution in [3.8, 4) is 0 Å². The molecule has 28 heavy (non-hydrogen) atoms. The Morgan fingerprint density at radius 1 is 0.821 bits per heavy atom. The van der Waals surface area contributed by atoms with Gasteiger partial charge in [-0.15, -0.1) is 0 Å². The van der Waals surface area contributed by atoms with Crippen molar-refractivity contribution >= 4 is 17.9 Å². The zero-order chi connectivity index (χ0) is 20.0. The molecule has 0 saturated heterocycles. The maximum atomic E-state index is 14.7. The molecule has 146 valence electrons. The topological polar surface area (TPSA) is 60.8 Å². The summed E-state index contributed by atoms with van der Waals surface area (Å²) in [5, 5.41) is 21.2. The average Bonchev–Trinajstić information content (AvgIpc) is 2.78. The molecule has 2 atom stereocenters. The predicted octanol–water partition coefficient (Wildman–Crippen LogP) is 3.33. The van der Waals surface area contributed by atoms with Crippen LogP contribution >= 0.6 is 7.29 Å². The lowest BCUT2D eigenvalue weighted by Gasteiger charge is -2.38. The fourth-order valence-electron chi connectivity index (χ4n) is 3.40. The summed E-state index contributed by atoms with van der Waals surface area (Å²) in [6.45, 7) is 1.69. The number of aliphatic hydroxyl groups excluding tert-OH is 2. The molecule has 0 aromatic heterocycles. The largest absolute Gasteiger partial charge is 0.394 e. The second-order valence-electron chi connectivity index (χ2n) is 6.79. The van der Waals surface area contributed by atoms with Crippen molar-refractivity contribution in [2.45, 2.75) is 19.1 Å². The van der Waals surface area contributed by atoms with Crippen molar-refractivity contribution < 1.29 is 14.8 Å². The van der Waals surface area contributed by atoms with Crippen LogP contribution in [0, 0.1) is 0 Å². The SMILES string of the molecule is C[C@@H](c1ccccc1)N(C[C@H](O)CO)P(=O)(c1ccccc1)c1ccccc1. The molecule has 0 aliphatic rings.